The third kappa shape index (κ3) is 2.34. The van der Waals surface area contributed by atoms with Crippen LogP contribution in [-0.2, 0) is 4.74 Å². The molecular weight excluding hydrogens is 329 g/mol. The molecule has 0 radical (unpaired) electrons. The summed E-state index contributed by atoms with van der Waals surface area (Å²) in [6.07, 6.45) is 1.37. The number of ether oxygens (including phenoxy) is 1. The monoisotopic (exact) mass is 341 g/mol. The van der Waals surface area contributed by atoms with E-state index in [4.69, 9.17) is 10.6 Å². The Balaban J connectivity index is 2.82. The van der Waals surface area contributed by atoms with Crippen molar-refractivity contribution in [1.29, 1.82) is 0 Å². The number of rotatable bonds is 3. The number of esters is 1. The van der Waals surface area contributed by atoms with Gasteiger partial charge < -0.3 is 10.2 Å². The second-order valence-corrected chi connectivity index (χ2v) is 4.92. The molecule has 5 nitrogen and oxygen atoms in total. The Morgan fingerprint density at radius 1 is 1.60 bits per heavy atom. The molecule has 0 aliphatic carbocycles. The molecule has 1 heterocycles. The van der Waals surface area contributed by atoms with E-state index in [0.29, 0.717) is 16.5 Å². The highest BCUT2D eigenvalue weighted by Crippen LogP contribution is 2.35. The van der Waals surface area contributed by atoms with E-state index >= 15 is 0 Å². The van der Waals surface area contributed by atoms with E-state index in [2.05, 4.69) is 26.3 Å². The van der Waals surface area contributed by atoms with E-state index < -0.39 is 11.8 Å². The largest absolute Gasteiger partial charge is 0.462 e. The molecule has 106 valence electrons. The van der Waals surface area contributed by atoms with Crippen LogP contribution in [0.4, 0.5) is 10.1 Å². The lowest BCUT2D eigenvalue weighted by Crippen LogP contribution is -2.15. The van der Waals surface area contributed by atoms with Gasteiger partial charge in [0.2, 0.25) is 0 Å². The average Bonchev–Trinajstić information content (AvgIpc) is 2.43. The maximum Gasteiger partial charge on any atom is 0.341 e. The van der Waals surface area contributed by atoms with Gasteiger partial charge in [0.25, 0.3) is 0 Å². The fraction of sp³-hybridized carbons (Fsp3) is 0.231. The fourth-order valence-electron chi connectivity index (χ4n) is 1.98. The van der Waals surface area contributed by atoms with E-state index in [1.807, 2.05) is 0 Å². The number of fused-ring (bicyclic) bond motifs is 1. The molecule has 0 bridgehead atoms. The van der Waals surface area contributed by atoms with Crippen LogP contribution in [0.15, 0.2) is 16.7 Å². The molecule has 3 N–H and O–H groups in total. The van der Waals surface area contributed by atoms with Gasteiger partial charge in [-0.1, -0.05) is 0 Å². The maximum absolute atomic E-state index is 13.8. The number of hydrogen-bond acceptors (Lipinski definition) is 5. The van der Waals surface area contributed by atoms with Gasteiger partial charge in [0.15, 0.2) is 0 Å². The number of nitrogens with zero attached hydrogens (tertiary/aromatic N) is 1. The highest BCUT2D eigenvalue weighted by Gasteiger charge is 2.20. The number of carbonyl (C=O) groups excluding carboxylic acids is 1. The van der Waals surface area contributed by atoms with Gasteiger partial charge in [0.05, 0.1) is 22.3 Å². The van der Waals surface area contributed by atoms with E-state index in [1.165, 1.54) is 12.3 Å². The molecule has 0 aliphatic rings. The number of aromatic nitrogens is 1. The van der Waals surface area contributed by atoms with Crippen LogP contribution in [0.1, 0.15) is 22.8 Å². The third-order valence-corrected chi connectivity index (χ3v) is 3.64. The molecule has 0 unspecified atom stereocenters. The first-order valence-corrected chi connectivity index (χ1v) is 6.71. The minimum absolute atomic E-state index is 0.160. The second-order valence-electron chi connectivity index (χ2n) is 4.12. The Kier molecular flexibility index (Phi) is 4.20. The van der Waals surface area contributed by atoms with Crippen molar-refractivity contribution >= 4 is 38.5 Å². The topological polar surface area (TPSA) is 77.2 Å². The summed E-state index contributed by atoms with van der Waals surface area (Å²) in [4.78, 5) is 16.1. The number of carbonyl (C=O) groups is 1. The summed E-state index contributed by atoms with van der Waals surface area (Å²) in [6.45, 7) is 3.65. The predicted octanol–water partition coefficient (Wildman–Crippen LogP) is 2.91. The minimum Gasteiger partial charge on any atom is -0.462 e. The summed E-state index contributed by atoms with van der Waals surface area (Å²) < 4.78 is 19.0. The molecule has 0 amide bonds. The molecule has 0 saturated carbocycles. The third-order valence-electron chi connectivity index (χ3n) is 2.86. The number of hydrazine groups is 1. The standard InChI is InChI=1S/C13H13BrFN3O2/c1-3-20-13(19)7-5-17-11-6(2)4-8(15)10(14)9(11)12(7)18-16/h4-5H,3,16H2,1-2H3,(H,17,18). The highest BCUT2D eigenvalue weighted by atomic mass is 79.9. The summed E-state index contributed by atoms with van der Waals surface area (Å²) in [7, 11) is 0. The number of nitrogens with two attached hydrogens (primary N) is 1. The molecule has 2 rings (SSSR count). The van der Waals surface area contributed by atoms with Gasteiger partial charge in [0.1, 0.15) is 11.4 Å². The van der Waals surface area contributed by atoms with Crippen LogP contribution in [0.2, 0.25) is 0 Å². The molecular formula is C13H13BrFN3O2. The Labute approximate surface area is 123 Å². The number of nitrogens with one attached hydrogen (secondary N) is 1. The zero-order chi connectivity index (χ0) is 14.9. The van der Waals surface area contributed by atoms with E-state index in [0.717, 1.165) is 0 Å². The zero-order valence-electron chi connectivity index (χ0n) is 11.0. The van der Waals surface area contributed by atoms with E-state index in [-0.39, 0.29) is 22.3 Å². The molecule has 2 aromatic rings. The SMILES string of the molecule is CCOC(=O)c1cnc2c(C)cc(F)c(Br)c2c1NN. The maximum atomic E-state index is 13.8. The molecule has 1 aromatic heterocycles. The Morgan fingerprint density at radius 2 is 2.30 bits per heavy atom. The summed E-state index contributed by atoms with van der Waals surface area (Å²) in [5.74, 6) is 4.48. The number of hydrogen-bond donors (Lipinski definition) is 2. The number of halogens is 2. The van der Waals surface area contributed by atoms with Crippen LogP contribution in [0.5, 0.6) is 0 Å². The van der Waals surface area contributed by atoms with Crippen molar-refractivity contribution in [3.8, 4) is 0 Å². The van der Waals surface area contributed by atoms with Crippen molar-refractivity contribution in [3.63, 3.8) is 0 Å². The molecule has 7 heteroatoms. The first-order chi connectivity index (χ1) is 9.51. The van der Waals surface area contributed by atoms with Gasteiger partial charge in [-0.05, 0) is 41.4 Å². The number of nitrogen functional groups attached to an aromatic ring is 1. The van der Waals surface area contributed by atoms with Crippen LogP contribution in [0, 0.1) is 12.7 Å². The Morgan fingerprint density at radius 3 is 2.90 bits per heavy atom. The zero-order valence-corrected chi connectivity index (χ0v) is 12.5. The lowest BCUT2D eigenvalue weighted by Gasteiger charge is -2.14. The van der Waals surface area contributed by atoms with Crippen LogP contribution in [0.25, 0.3) is 10.9 Å². The van der Waals surface area contributed by atoms with Crippen molar-refractivity contribution in [1.82, 2.24) is 4.98 Å². The van der Waals surface area contributed by atoms with E-state index in [1.54, 1.807) is 13.8 Å². The van der Waals surface area contributed by atoms with Gasteiger partial charge >= 0.3 is 5.97 Å². The van der Waals surface area contributed by atoms with Crippen molar-refractivity contribution < 1.29 is 13.9 Å². The summed E-state index contributed by atoms with van der Waals surface area (Å²) in [5.41, 5.74) is 4.08. The van der Waals surface area contributed by atoms with Crippen LogP contribution < -0.4 is 11.3 Å². The van der Waals surface area contributed by atoms with Crippen molar-refractivity contribution in [2.24, 2.45) is 5.84 Å². The van der Waals surface area contributed by atoms with Gasteiger partial charge in [-0.3, -0.25) is 10.8 Å². The summed E-state index contributed by atoms with van der Waals surface area (Å²) in [6, 6.07) is 1.36. The summed E-state index contributed by atoms with van der Waals surface area (Å²) in [5, 5.41) is 0.413. The molecule has 1 aromatic carbocycles. The van der Waals surface area contributed by atoms with Gasteiger partial charge in [0, 0.05) is 11.6 Å². The van der Waals surface area contributed by atoms with Crippen LogP contribution in [0.3, 0.4) is 0 Å². The number of pyridine rings is 1. The predicted molar refractivity (Wildman–Crippen MR) is 77.9 cm³/mol. The minimum atomic E-state index is -0.566. The molecule has 0 atom stereocenters. The number of benzene rings is 1. The quantitative estimate of drug-likeness (QED) is 0.510. The normalized spacial score (nSPS) is 10.7. The van der Waals surface area contributed by atoms with Gasteiger partial charge in [-0.2, -0.15) is 0 Å². The van der Waals surface area contributed by atoms with E-state index in [9.17, 15) is 9.18 Å². The Bertz CT molecular complexity index is 691. The van der Waals surface area contributed by atoms with Gasteiger partial charge in [-0.15, -0.1) is 0 Å². The van der Waals surface area contributed by atoms with Crippen LogP contribution in [-0.4, -0.2) is 17.6 Å². The second kappa shape index (κ2) is 5.72. The van der Waals surface area contributed by atoms with Crippen LogP contribution >= 0.6 is 15.9 Å². The number of anilines is 1. The highest BCUT2D eigenvalue weighted by molar-refractivity contribution is 9.10. The Hall–Kier alpha value is -1.73. The lowest BCUT2D eigenvalue weighted by atomic mass is 10.1. The average molecular weight is 342 g/mol. The number of aryl methyl sites for hydroxylation is 1. The molecule has 0 saturated heterocycles. The summed E-state index contributed by atoms with van der Waals surface area (Å²) >= 11 is 3.17. The molecule has 0 fully saturated rings. The smallest absolute Gasteiger partial charge is 0.341 e. The van der Waals surface area contributed by atoms with Gasteiger partial charge in [-0.25, -0.2) is 9.18 Å². The van der Waals surface area contributed by atoms with Crippen molar-refractivity contribution in [2.45, 2.75) is 13.8 Å². The van der Waals surface area contributed by atoms with Crippen molar-refractivity contribution in [2.75, 3.05) is 12.0 Å². The fourth-order valence-corrected chi connectivity index (χ4v) is 2.48. The first kappa shape index (κ1) is 14.7. The lowest BCUT2D eigenvalue weighted by molar-refractivity contribution is 0.0527. The molecule has 0 aliphatic heterocycles. The molecule has 20 heavy (non-hydrogen) atoms. The first-order valence-electron chi connectivity index (χ1n) is 5.92. The molecule has 0 spiro atoms. The van der Waals surface area contributed by atoms with Crippen molar-refractivity contribution in [3.05, 3.63) is 33.7 Å².